The normalized spacial score (nSPS) is 16.5. The van der Waals surface area contributed by atoms with E-state index in [1.165, 1.54) is 0 Å². The Balaban J connectivity index is 0.00000420. The quantitative estimate of drug-likeness (QED) is 0.303. The highest BCUT2D eigenvalue weighted by Gasteiger charge is 2.29. The maximum Gasteiger partial charge on any atom is 0.243 e. The van der Waals surface area contributed by atoms with Crippen molar-refractivity contribution < 1.29 is 8.42 Å². The number of halogens is 1. The zero-order valence-electron chi connectivity index (χ0n) is 18.0. The van der Waals surface area contributed by atoms with Gasteiger partial charge in [0, 0.05) is 46.3 Å². The number of rotatable bonds is 8. The van der Waals surface area contributed by atoms with Crippen LogP contribution in [0.5, 0.6) is 0 Å². The van der Waals surface area contributed by atoms with Crippen molar-refractivity contribution in [3.05, 3.63) is 29.8 Å². The van der Waals surface area contributed by atoms with Crippen LogP contribution in [0.2, 0.25) is 0 Å². The summed E-state index contributed by atoms with van der Waals surface area (Å²) >= 11 is 0. The molecule has 1 fully saturated rings. The summed E-state index contributed by atoms with van der Waals surface area (Å²) < 4.78 is 27.9. The number of guanidine groups is 1. The van der Waals surface area contributed by atoms with Gasteiger partial charge in [-0.1, -0.05) is 44.9 Å². The molecule has 0 bridgehead atoms. The van der Waals surface area contributed by atoms with Crippen molar-refractivity contribution >= 4 is 40.0 Å². The van der Waals surface area contributed by atoms with Crippen LogP contribution < -0.4 is 10.6 Å². The molecule has 0 aromatic heterocycles. The van der Waals surface area contributed by atoms with E-state index in [0.29, 0.717) is 36.4 Å². The van der Waals surface area contributed by atoms with Crippen molar-refractivity contribution in [3.8, 4) is 0 Å². The monoisotopic (exact) mass is 537 g/mol. The van der Waals surface area contributed by atoms with Crippen molar-refractivity contribution in [2.75, 3.05) is 46.8 Å². The number of sulfonamides is 1. The number of hydrogen-bond donors (Lipinski definition) is 2. The fraction of sp³-hybridized carbons (Fsp3) is 0.650. The second kappa shape index (κ2) is 12.7. The molecule has 0 radical (unpaired) electrons. The van der Waals surface area contributed by atoms with Crippen molar-refractivity contribution in [1.82, 2.24) is 19.8 Å². The van der Waals surface area contributed by atoms with E-state index in [1.807, 2.05) is 19.2 Å². The van der Waals surface area contributed by atoms with E-state index in [4.69, 9.17) is 0 Å². The second-order valence-electron chi connectivity index (χ2n) is 7.30. The Hall–Kier alpha value is -0.910. The summed E-state index contributed by atoms with van der Waals surface area (Å²) in [6.07, 6.45) is 2.24. The van der Waals surface area contributed by atoms with Crippen LogP contribution in [0.1, 0.15) is 32.3 Å². The average Bonchev–Trinajstić information content (AvgIpc) is 2.71. The van der Waals surface area contributed by atoms with Gasteiger partial charge in [-0.05, 0) is 24.6 Å². The molecule has 0 amide bonds. The number of aliphatic imine (C=N–C) groups is 1. The molecule has 1 aliphatic heterocycles. The Bertz CT molecular complexity index is 745. The first-order valence-electron chi connectivity index (χ1n) is 10.1. The topological polar surface area (TPSA) is 77.0 Å². The summed E-state index contributed by atoms with van der Waals surface area (Å²) in [6, 6.07) is 7.22. The molecule has 0 atom stereocenters. The van der Waals surface area contributed by atoms with Gasteiger partial charge in [-0.2, -0.15) is 4.31 Å². The number of piperazine rings is 1. The maximum absolute atomic E-state index is 13.2. The largest absolute Gasteiger partial charge is 0.356 e. The van der Waals surface area contributed by atoms with Crippen LogP contribution in [0.4, 0.5) is 0 Å². The lowest BCUT2D eigenvalue weighted by atomic mass is 10.0. The lowest BCUT2D eigenvalue weighted by Crippen LogP contribution is -2.47. The van der Waals surface area contributed by atoms with Crippen LogP contribution in [0.15, 0.2) is 34.2 Å². The predicted octanol–water partition coefficient (Wildman–Crippen LogP) is 2.34. The molecule has 0 saturated carbocycles. The summed E-state index contributed by atoms with van der Waals surface area (Å²) in [6.45, 7) is 8.20. The number of nitrogens with one attached hydrogen (secondary N) is 2. The van der Waals surface area contributed by atoms with Crippen LogP contribution >= 0.6 is 24.0 Å². The van der Waals surface area contributed by atoms with E-state index in [1.54, 1.807) is 23.5 Å². The van der Waals surface area contributed by atoms with Gasteiger partial charge in [-0.25, -0.2) is 8.42 Å². The van der Waals surface area contributed by atoms with Gasteiger partial charge < -0.3 is 15.5 Å². The fourth-order valence-electron chi connectivity index (χ4n) is 3.29. The zero-order chi connectivity index (χ0) is 20.6. The molecule has 29 heavy (non-hydrogen) atoms. The molecule has 1 aromatic rings. The SMILES string of the molecule is CCC(CC)CNC(=NC)NCc1ccccc1S(=O)(=O)N1CCN(C)CC1.I. The third kappa shape index (κ3) is 7.37. The van der Waals surface area contributed by atoms with Crippen molar-refractivity contribution in [2.45, 2.75) is 38.1 Å². The highest BCUT2D eigenvalue weighted by molar-refractivity contribution is 14.0. The molecule has 1 heterocycles. The van der Waals surface area contributed by atoms with E-state index in [0.717, 1.165) is 38.0 Å². The number of hydrogen-bond acceptors (Lipinski definition) is 4. The molecule has 9 heteroatoms. The van der Waals surface area contributed by atoms with Crippen LogP contribution in [0, 0.1) is 5.92 Å². The Morgan fingerprint density at radius 1 is 1.10 bits per heavy atom. The summed E-state index contributed by atoms with van der Waals surface area (Å²) in [5.41, 5.74) is 0.756. The number of nitrogens with zero attached hydrogens (tertiary/aromatic N) is 3. The minimum atomic E-state index is -3.50. The molecule has 1 saturated heterocycles. The van der Waals surface area contributed by atoms with Gasteiger partial charge in [-0.3, -0.25) is 4.99 Å². The van der Waals surface area contributed by atoms with E-state index in [2.05, 4.69) is 34.4 Å². The summed E-state index contributed by atoms with van der Waals surface area (Å²) in [5, 5.41) is 6.60. The molecule has 0 spiro atoms. The van der Waals surface area contributed by atoms with Crippen molar-refractivity contribution in [2.24, 2.45) is 10.9 Å². The van der Waals surface area contributed by atoms with E-state index < -0.39 is 10.0 Å². The van der Waals surface area contributed by atoms with Crippen molar-refractivity contribution in [3.63, 3.8) is 0 Å². The summed E-state index contributed by atoms with van der Waals surface area (Å²) in [7, 11) is 0.249. The molecule has 0 aliphatic carbocycles. The van der Waals surface area contributed by atoms with Gasteiger partial charge in [0.1, 0.15) is 0 Å². The first-order valence-corrected chi connectivity index (χ1v) is 11.6. The molecule has 166 valence electrons. The molecular weight excluding hydrogens is 501 g/mol. The molecule has 1 aliphatic rings. The van der Waals surface area contributed by atoms with Gasteiger partial charge in [-0.15, -0.1) is 24.0 Å². The number of likely N-dealkylation sites (N-methyl/N-ethyl adjacent to an activating group) is 1. The van der Waals surface area contributed by atoms with Gasteiger partial charge in [0.15, 0.2) is 5.96 Å². The van der Waals surface area contributed by atoms with Crippen LogP contribution in [0.3, 0.4) is 0 Å². The van der Waals surface area contributed by atoms with Gasteiger partial charge in [0.2, 0.25) is 10.0 Å². The van der Waals surface area contributed by atoms with Gasteiger partial charge in [0.05, 0.1) is 4.90 Å². The first-order chi connectivity index (χ1) is 13.4. The van der Waals surface area contributed by atoms with Crippen LogP contribution in [0.25, 0.3) is 0 Å². The molecular formula is C20H36IN5O2S. The average molecular weight is 538 g/mol. The Labute approximate surface area is 193 Å². The van der Waals surface area contributed by atoms with E-state index in [-0.39, 0.29) is 24.0 Å². The minimum Gasteiger partial charge on any atom is -0.356 e. The van der Waals surface area contributed by atoms with Crippen LogP contribution in [-0.4, -0.2) is 70.4 Å². The standard InChI is InChI=1S/C20H35N5O2S.HI/c1-5-17(6-2)15-22-20(21-3)23-16-18-9-7-8-10-19(18)28(26,27)25-13-11-24(4)12-14-25;/h7-10,17H,5-6,11-16H2,1-4H3,(H2,21,22,23);1H. The number of benzene rings is 1. The smallest absolute Gasteiger partial charge is 0.243 e. The summed E-state index contributed by atoms with van der Waals surface area (Å²) in [4.78, 5) is 6.79. The molecule has 0 unspecified atom stereocenters. The first kappa shape index (κ1) is 26.1. The Morgan fingerprint density at radius 3 is 2.31 bits per heavy atom. The highest BCUT2D eigenvalue weighted by Crippen LogP contribution is 2.21. The second-order valence-corrected chi connectivity index (χ2v) is 9.21. The minimum absolute atomic E-state index is 0. The molecule has 2 N–H and O–H groups in total. The Morgan fingerprint density at radius 2 is 1.72 bits per heavy atom. The third-order valence-corrected chi connectivity index (χ3v) is 7.43. The highest BCUT2D eigenvalue weighted by atomic mass is 127. The molecule has 2 rings (SSSR count). The fourth-order valence-corrected chi connectivity index (χ4v) is 4.93. The summed E-state index contributed by atoms with van der Waals surface area (Å²) in [5.74, 6) is 1.29. The van der Waals surface area contributed by atoms with E-state index in [9.17, 15) is 8.42 Å². The lowest BCUT2D eigenvalue weighted by Gasteiger charge is -2.32. The zero-order valence-corrected chi connectivity index (χ0v) is 21.2. The van der Waals surface area contributed by atoms with E-state index >= 15 is 0 Å². The lowest BCUT2D eigenvalue weighted by molar-refractivity contribution is 0.222. The predicted molar refractivity (Wildman–Crippen MR) is 130 cm³/mol. The van der Waals surface area contributed by atoms with Crippen LogP contribution in [-0.2, 0) is 16.6 Å². The van der Waals surface area contributed by atoms with Crippen molar-refractivity contribution in [1.29, 1.82) is 0 Å². The molecule has 1 aromatic carbocycles. The maximum atomic E-state index is 13.2. The molecule has 7 nitrogen and oxygen atoms in total. The van der Waals surface area contributed by atoms with Gasteiger partial charge in [0.25, 0.3) is 0 Å². The Kier molecular flexibility index (Phi) is 11.4. The third-order valence-electron chi connectivity index (χ3n) is 5.44. The van der Waals surface area contributed by atoms with Gasteiger partial charge >= 0.3 is 0 Å².